The van der Waals surface area contributed by atoms with Crippen LogP contribution < -0.4 is 4.74 Å². The summed E-state index contributed by atoms with van der Waals surface area (Å²) in [6.07, 6.45) is 0.742. The molecule has 1 aliphatic rings. The van der Waals surface area contributed by atoms with Crippen molar-refractivity contribution < 1.29 is 24.2 Å². The third-order valence-corrected chi connectivity index (χ3v) is 2.19. The first-order valence-corrected chi connectivity index (χ1v) is 5.69. The van der Waals surface area contributed by atoms with E-state index < -0.39 is 12.1 Å². The Morgan fingerprint density at radius 2 is 2.06 bits per heavy atom. The predicted octanol–water partition coefficient (Wildman–Crippen LogP) is 1.86. The molecule has 1 unspecified atom stereocenters. The van der Waals surface area contributed by atoms with Crippen molar-refractivity contribution in [2.24, 2.45) is 0 Å². The normalized spacial score (nSPS) is 15.1. The molecule has 1 aromatic carbocycles. The number of carbonyl (C=O) groups is 2. The molecule has 0 saturated carbocycles. The Labute approximate surface area is 105 Å². The molecule has 1 saturated heterocycles. The Bertz CT molecular complexity index is 380. The van der Waals surface area contributed by atoms with Crippen LogP contribution in [0.5, 0.6) is 5.75 Å². The van der Waals surface area contributed by atoms with E-state index in [0.717, 1.165) is 6.42 Å². The fraction of sp³-hybridized carbons (Fsp3) is 0.385. The molecule has 98 valence electrons. The molecule has 2 rings (SSSR count). The molecule has 1 N–H and O–H groups in total. The van der Waals surface area contributed by atoms with Crippen molar-refractivity contribution in [3.05, 3.63) is 30.3 Å². The molecule has 1 aliphatic heterocycles. The summed E-state index contributed by atoms with van der Waals surface area (Å²) in [6.45, 7) is 2.13. The highest BCUT2D eigenvalue weighted by molar-refractivity contribution is 5.72. The Kier molecular flexibility index (Phi) is 5.70. The SMILES string of the molecule is CC(Oc1ccccc1)C(=O)O.O=C1CCCO1. The minimum absolute atomic E-state index is 0.0463. The van der Waals surface area contributed by atoms with E-state index in [1.165, 1.54) is 6.92 Å². The summed E-state index contributed by atoms with van der Waals surface area (Å²) in [7, 11) is 0. The van der Waals surface area contributed by atoms with Crippen LogP contribution in [0, 0.1) is 0 Å². The number of carboxylic acids is 1. The number of carbonyl (C=O) groups excluding carboxylic acids is 1. The molecular weight excluding hydrogens is 236 g/mol. The molecule has 1 aromatic rings. The molecule has 0 radical (unpaired) electrons. The van der Waals surface area contributed by atoms with Gasteiger partial charge in [0.25, 0.3) is 0 Å². The summed E-state index contributed by atoms with van der Waals surface area (Å²) in [6, 6.07) is 8.88. The van der Waals surface area contributed by atoms with Crippen molar-refractivity contribution in [2.45, 2.75) is 25.9 Å². The quantitative estimate of drug-likeness (QED) is 0.831. The number of aliphatic carboxylic acids is 1. The Morgan fingerprint density at radius 3 is 2.44 bits per heavy atom. The molecular formula is C13H16O5. The van der Waals surface area contributed by atoms with E-state index >= 15 is 0 Å². The summed E-state index contributed by atoms with van der Waals surface area (Å²) in [5.41, 5.74) is 0. The predicted molar refractivity (Wildman–Crippen MR) is 64.4 cm³/mol. The third-order valence-electron chi connectivity index (χ3n) is 2.19. The van der Waals surface area contributed by atoms with Gasteiger partial charge in [0.05, 0.1) is 6.61 Å². The molecule has 0 spiro atoms. The van der Waals surface area contributed by atoms with Gasteiger partial charge in [0.2, 0.25) is 0 Å². The fourth-order valence-electron chi connectivity index (χ4n) is 1.23. The van der Waals surface area contributed by atoms with Gasteiger partial charge in [0, 0.05) is 6.42 Å². The highest BCUT2D eigenvalue weighted by Gasteiger charge is 2.11. The smallest absolute Gasteiger partial charge is 0.344 e. The number of hydrogen-bond acceptors (Lipinski definition) is 4. The first-order chi connectivity index (χ1) is 8.59. The number of carboxylic acid groups (broad SMARTS) is 1. The van der Waals surface area contributed by atoms with Gasteiger partial charge >= 0.3 is 11.9 Å². The third kappa shape index (κ3) is 5.34. The Hall–Kier alpha value is -2.04. The van der Waals surface area contributed by atoms with Gasteiger partial charge in [-0.1, -0.05) is 18.2 Å². The van der Waals surface area contributed by atoms with Crippen molar-refractivity contribution >= 4 is 11.9 Å². The van der Waals surface area contributed by atoms with Gasteiger partial charge < -0.3 is 14.6 Å². The second kappa shape index (κ2) is 7.32. The average Bonchev–Trinajstić information content (AvgIpc) is 2.82. The van der Waals surface area contributed by atoms with Gasteiger partial charge in [0.1, 0.15) is 5.75 Å². The van der Waals surface area contributed by atoms with Crippen molar-refractivity contribution in [2.75, 3.05) is 6.61 Å². The summed E-state index contributed by atoms with van der Waals surface area (Å²) in [4.78, 5) is 20.4. The highest BCUT2D eigenvalue weighted by atomic mass is 16.5. The molecule has 0 amide bonds. The number of rotatable bonds is 3. The van der Waals surface area contributed by atoms with Crippen LogP contribution in [0.2, 0.25) is 0 Å². The summed E-state index contributed by atoms with van der Waals surface area (Å²) in [5.74, 6) is -0.429. The van der Waals surface area contributed by atoms with E-state index in [1.807, 2.05) is 6.07 Å². The summed E-state index contributed by atoms with van der Waals surface area (Å²) in [5, 5.41) is 8.52. The molecule has 0 aromatic heterocycles. The zero-order valence-electron chi connectivity index (χ0n) is 10.2. The van der Waals surface area contributed by atoms with Gasteiger partial charge in [0.15, 0.2) is 6.10 Å². The fourth-order valence-corrected chi connectivity index (χ4v) is 1.23. The van der Waals surface area contributed by atoms with Crippen LogP contribution in [0.1, 0.15) is 19.8 Å². The highest BCUT2D eigenvalue weighted by Crippen LogP contribution is 2.10. The van der Waals surface area contributed by atoms with Crippen LogP contribution in [0.15, 0.2) is 30.3 Å². The lowest BCUT2D eigenvalue weighted by molar-refractivity contribution is -0.144. The van der Waals surface area contributed by atoms with Crippen LogP contribution >= 0.6 is 0 Å². The van der Waals surface area contributed by atoms with Crippen molar-refractivity contribution in [3.8, 4) is 5.75 Å². The molecule has 5 nitrogen and oxygen atoms in total. The minimum Gasteiger partial charge on any atom is -0.479 e. The summed E-state index contributed by atoms with van der Waals surface area (Å²) < 4.78 is 9.59. The van der Waals surface area contributed by atoms with Gasteiger partial charge in [-0.05, 0) is 25.5 Å². The first-order valence-electron chi connectivity index (χ1n) is 5.69. The molecule has 18 heavy (non-hydrogen) atoms. The van der Waals surface area contributed by atoms with Crippen LogP contribution in [0.3, 0.4) is 0 Å². The molecule has 1 atom stereocenters. The maximum atomic E-state index is 10.4. The number of benzene rings is 1. The largest absolute Gasteiger partial charge is 0.479 e. The number of hydrogen-bond donors (Lipinski definition) is 1. The Morgan fingerprint density at radius 1 is 1.39 bits per heavy atom. The van der Waals surface area contributed by atoms with Crippen LogP contribution in [-0.4, -0.2) is 29.8 Å². The van der Waals surface area contributed by atoms with E-state index in [1.54, 1.807) is 24.3 Å². The van der Waals surface area contributed by atoms with E-state index in [2.05, 4.69) is 4.74 Å². The standard InChI is InChI=1S/C9H10O3.C4H6O2/c1-7(9(10)11)12-8-5-3-2-4-6-8;5-4-2-1-3-6-4/h2-7H,1H3,(H,10,11);1-3H2. The zero-order chi connectivity index (χ0) is 13.4. The maximum absolute atomic E-state index is 10.4. The van der Waals surface area contributed by atoms with E-state index in [4.69, 9.17) is 9.84 Å². The lowest BCUT2D eigenvalue weighted by Crippen LogP contribution is -2.22. The lowest BCUT2D eigenvalue weighted by atomic mass is 10.3. The molecule has 0 bridgehead atoms. The number of cyclic esters (lactones) is 1. The van der Waals surface area contributed by atoms with Gasteiger partial charge in [-0.15, -0.1) is 0 Å². The van der Waals surface area contributed by atoms with Crippen LogP contribution in [0.25, 0.3) is 0 Å². The van der Waals surface area contributed by atoms with Crippen molar-refractivity contribution in [1.29, 1.82) is 0 Å². The first kappa shape index (κ1) is 14.0. The van der Waals surface area contributed by atoms with Crippen LogP contribution in [0.4, 0.5) is 0 Å². The maximum Gasteiger partial charge on any atom is 0.344 e. The van der Waals surface area contributed by atoms with E-state index in [-0.39, 0.29) is 5.97 Å². The van der Waals surface area contributed by atoms with Crippen molar-refractivity contribution in [1.82, 2.24) is 0 Å². The van der Waals surface area contributed by atoms with Gasteiger partial charge in [-0.2, -0.15) is 0 Å². The topological polar surface area (TPSA) is 72.8 Å². The second-order valence-electron chi connectivity index (χ2n) is 3.74. The van der Waals surface area contributed by atoms with Gasteiger partial charge in [-0.25, -0.2) is 4.79 Å². The van der Waals surface area contributed by atoms with E-state index in [9.17, 15) is 9.59 Å². The zero-order valence-corrected chi connectivity index (χ0v) is 10.2. The second-order valence-corrected chi connectivity index (χ2v) is 3.74. The van der Waals surface area contributed by atoms with Crippen LogP contribution in [-0.2, 0) is 14.3 Å². The number of esters is 1. The Balaban J connectivity index is 0.000000225. The average molecular weight is 252 g/mol. The number of para-hydroxylation sites is 1. The van der Waals surface area contributed by atoms with E-state index in [0.29, 0.717) is 18.8 Å². The number of ether oxygens (including phenoxy) is 2. The molecule has 0 aliphatic carbocycles. The molecule has 1 heterocycles. The lowest BCUT2D eigenvalue weighted by Gasteiger charge is -2.09. The summed E-state index contributed by atoms with van der Waals surface area (Å²) >= 11 is 0. The van der Waals surface area contributed by atoms with Crippen molar-refractivity contribution in [3.63, 3.8) is 0 Å². The monoisotopic (exact) mass is 252 g/mol. The van der Waals surface area contributed by atoms with Gasteiger partial charge in [-0.3, -0.25) is 4.79 Å². The molecule has 5 heteroatoms. The molecule has 1 fully saturated rings. The minimum atomic E-state index is -0.959.